The van der Waals surface area contributed by atoms with Crippen molar-refractivity contribution in [3.8, 4) is 0 Å². The number of carbonyl (C=O) groups excluding carboxylic acids is 1. The van der Waals surface area contributed by atoms with Crippen LogP contribution in [0.3, 0.4) is 0 Å². The van der Waals surface area contributed by atoms with Gasteiger partial charge in [0.25, 0.3) is 6.43 Å². The van der Waals surface area contributed by atoms with Gasteiger partial charge in [0.05, 0.1) is 30.1 Å². The smallest absolute Gasteiger partial charge is 0.311 e. The third-order valence-electron chi connectivity index (χ3n) is 2.22. The first-order chi connectivity index (χ1) is 7.95. The summed E-state index contributed by atoms with van der Waals surface area (Å²) >= 11 is 0. The van der Waals surface area contributed by atoms with Crippen molar-refractivity contribution in [2.24, 2.45) is 0 Å². The Kier molecular flexibility index (Phi) is 4.37. The molecule has 0 unspecified atom stereocenters. The van der Waals surface area contributed by atoms with Crippen LogP contribution < -0.4 is 5.73 Å². The Bertz CT molecular complexity index is 422. The maximum atomic E-state index is 12.7. The van der Waals surface area contributed by atoms with Gasteiger partial charge in [0.15, 0.2) is 0 Å². The van der Waals surface area contributed by atoms with E-state index < -0.39 is 12.4 Å². The van der Waals surface area contributed by atoms with Crippen molar-refractivity contribution >= 4 is 11.7 Å². The van der Waals surface area contributed by atoms with E-state index in [1.165, 1.54) is 0 Å². The molecule has 4 nitrogen and oxygen atoms in total. The molecule has 0 bridgehead atoms. The summed E-state index contributed by atoms with van der Waals surface area (Å²) in [4.78, 5) is 15.2. The minimum atomic E-state index is -2.71. The van der Waals surface area contributed by atoms with Crippen LogP contribution in [0.5, 0.6) is 0 Å². The summed E-state index contributed by atoms with van der Waals surface area (Å²) in [5.74, 6) is -0.578. The van der Waals surface area contributed by atoms with Crippen LogP contribution in [-0.4, -0.2) is 17.6 Å². The molecule has 0 aliphatic carbocycles. The fourth-order valence-corrected chi connectivity index (χ4v) is 1.37. The summed E-state index contributed by atoms with van der Waals surface area (Å²) in [6.07, 6.45) is -2.98. The highest BCUT2D eigenvalue weighted by Gasteiger charge is 2.18. The summed E-state index contributed by atoms with van der Waals surface area (Å²) in [7, 11) is 0. The number of carbonyl (C=O) groups is 1. The number of hydrogen-bond donors (Lipinski definition) is 1. The molecule has 0 spiro atoms. The van der Waals surface area contributed by atoms with E-state index in [4.69, 9.17) is 10.5 Å². The van der Waals surface area contributed by atoms with Crippen molar-refractivity contribution in [1.29, 1.82) is 0 Å². The molecule has 1 rings (SSSR count). The fourth-order valence-electron chi connectivity index (χ4n) is 1.37. The van der Waals surface area contributed by atoms with Gasteiger partial charge in [-0.05, 0) is 19.9 Å². The number of aryl methyl sites for hydroxylation is 1. The van der Waals surface area contributed by atoms with Gasteiger partial charge in [-0.1, -0.05) is 0 Å². The minimum Gasteiger partial charge on any atom is -0.466 e. The summed E-state index contributed by atoms with van der Waals surface area (Å²) < 4.78 is 30.2. The average Bonchev–Trinajstić information content (AvgIpc) is 2.23. The van der Waals surface area contributed by atoms with Crippen LogP contribution in [0.1, 0.15) is 30.3 Å². The van der Waals surface area contributed by atoms with Gasteiger partial charge in [0.1, 0.15) is 0 Å². The van der Waals surface area contributed by atoms with E-state index in [0.29, 0.717) is 5.69 Å². The number of pyridine rings is 1. The van der Waals surface area contributed by atoms with Gasteiger partial charge < -0.3 is 10.5 Å². The van der Waals surface area contributed by atoms with E-state index >= 15 is 0 Å². The highest BCUT2D eigenvalue weighted by Crippen LogP contribution is 2.25. The average molecular weight is 244 g/mol. The second-order valence-electron chi connectivity index (χ2n) is 3.48. The van der Waals surface area contributed by atoms with Crippen molar-refractivity contribution in [3.05, 3.63) is 23.0 Å². The Morgan fingerprint density at radius 3 is 2.76 bits per heavy atom. The third kappa shape index (κ3) is 3.37. The molecule has 0 saturated heterocycles. The van der Waals surface area contributed by atoms with E-state index in [0.717, 1.165) is 6.07 Å². The monoisotopic (exact) mass is 244 g/mol. The van der Waals surface area contributed by atoms with Gasteiger partial charge in [-0.25, -0.2) is 8.78 Å². The molecule has 0 amide bonds. The summed E-state index contributed by atoms with van der Waals surface area (Å²) in [6, 6.07) is 1.15. The van der Waals surface area contributed by atoms with E-state index in [1.807, 2.05) is 0 Å². The number of nitrogen functional groups attached to an aromatic ring is 1. The number of aromatic nitrogens is 1. The number of alkyl halides is 2. The number of nitrogens with zero attached hydrogens (tertiary/aromatic N) is 1. The molecule has 0 aliphatic heterocycles. The van der Waals surface area contributed by atoms with E-state index in [2.05, 4.69) is 4.98 Å². The van der Waals surface area contributed by atoms with Crippen LogP contribution in [0, 0.1) is 6.92 Å². The van der Waals surface area contributed by atoms with E-state index in [9.17, 15) is 13.6 Å². The standard InChI is InChI=1S/C11H14F2N2O2/c1-3-17-10(16)5-9-7(11(12)13)4-8(14)6(2)15-9/h4,11H,3,5,14H2,1-2H3. The van der Waals surface area contributed by atoms with Crippen LogP contribution >= 0.6 is 0 Å². The van der Waals surface area contributed by atoms with Gasteiger partial charge in [-0.2, -0.15) is 0 Å². The van der Waals surface area contributed by atoms with Gasteiger partial charge in [-0.3, -0.25) is 9.78 Å². The molecule has 6 heteroatoms. The number of halogens is 2. The maximum absolute atomic E-state index is 12.7. The number of hydrogen-bond acceptors (Lipinski definition) is 4. The van der Waals surface area contributed by atoms with Crippen molar-refractivity contribution < 1.29 is 18.3 Å². The predicted molar refractivity (Wildman–Crippen MR) is 58.7 cm³/mol. The molecule has 1 aromatic rings. The third-order valence-corrected chi connectivity index (χ3v) is 2.22. The van der Waals surface area contributed by atoms with Crippen molar-refractivity contribution in [1.82, 2.24) is 4.98 Å². The lowest BCUT2D eigenvalue weighted by Crippen LogP contribution is -2.12. The Hall–Kier alpha value is -1.72. The first-order valence-corrected chi connectivity index (χ1v) is 5.15. The van der Waals surface area contributed by atoms with Crippen molar-refractivity contribution in [3.63, 3.8) is 0 Å². The summed E-state index contributed by atoms with van der Waals surface area (Å²) in [6.45, 7) is 3.45. The molecule has 2 N–H and O–H groups in total. The SMILES string of the molecule is CCOC(=O)Cc1nc(C)c(N)cc1C(F)F. The molecular formula is C11H14F2N2O2. The zero-order chi connectivity index (χ0) is 13.0. The quantitative estimate of drug-likeness (QED) is 0.823. The number of anilines is 1. The van der Waals surface area contributed by atoms with Gasteiger partial charge in [-0.15, -0.1) is 0 Å². The molecule has 0 saturated carbocycles. The molecule has 17 heavy (non-hydrogen) atoms. The lowest BCUT2D eigenvalue weighted by atomic mass is 10.1. The fraction of sp³-hybridized carbons (Fsp3) is 0.455. The number of nitrogens with two attached hydrogens (primary N) is 1. The lowest BCUT2D eigenvalue weighted by Gasteiger charge is -2.10. The first-order valence-electron chi connectivity index (χ1n) is 5.15. The first kappa shape index (κ1) is 13.3. The number of esters is 1. The second-order valence-corrected chi connectivity index (χ2v) is 3.48. The molecule has 0 aromatic carbocycles. The van der Waals surface area contributed by atoms with Gasteiger partial charge in [0, 0.05) is 5.56 Å². The van der Waals surface area contributed by atoms with Gasteiger partial charge >= 0.3 is 5.97 Å². The van der Waals surface area contributed by atoms with Crippen LogP contribution in [-0.2, 0) is 16.0 Å². The normalized spacial score (nSPS) is 10.6. The van der Waals surface area contributed by atoms with Crippen LogP contribution in [0.2, 0.25) is 0 Å². The molecule has 1 aromatic heterocycles. The molecule has 0 radical (unpaired) electrons. The van der Waals surface area contributed by atoms with Gasteiger partial charge in [0.2, 0.25) is 0 Å². The largest absolute Gasteiger partial charge is 0.466 e. The Morgan fingerprint density at radius 2 is 2.24 bits per heavy atom. The number of ether oxygens (including phenoxy) is 1. The van der Waals surface area contributed by atoms with Crippen molar-refractivity contribution in [2.45, 2.75) is 26.7 Å². The van der Waals surface area contributed by atoms with E-state index in [1.54, 1.807) is 13.8 Å². The topological polar surface area (TPSA) is 65.2 Å². The van der Waals surface area contributed by atoms with E-state index in [-0.39, 0.29) is 30.0 Å². The van der Waals surface area contributed by atoms with Crippen LogP contribution in [0.4, 0.5) is 14.5 Å². The molecule has 94 valence electrons. The Morgan fingerprint density at radius 1 is 1.59 bits per heavy atom. The minimum absolute atomic E-state index is 0.0187. The lowest BCUT2D eigenvalue weighted by molar-refractivity contribution is -0.142. The Balaban J connectivity index is 3.04. The molecular weight excluding hydrogens is 230 g/mol. The zero-order valence-electron chi connectivity index (χ0n) is 9.67. The Labute approximate surface area is 97.8 Å². The molecule has 0 atom stereocenters. The summed E-state index contributed by atoms with van der Waals surface area (Å²) in [5.41, 5.74) is 5.82. The molecule has 0 aliphatic rings. The van der Waals surface area contributed by atoms with Crippen LogP contribution in [0.25, 0.3) is 0 Å². The van der Waals surface area contributed by atoms with Crippen molar-refractivity contribution in [2.75, 3.05) is 12.3 Å². The highest BCUT2D eigenvalue weighted by atomic mass is 19.3. The molecule has 1 heterocycles. The maximum Gasteiger partial charge on any atom is 0.311 e. The number of rotatable bonds is 4. The second kappa shape index (κ2) is 5.56. The zero-order valence-corrected chi connectivity index (χ0v) is 9.67. The summed E-state index contributed by atoms with van der Waals surface area (Å²) in [5, 5.41) is 0. The highest BCUT2D eigenvalue weighted by molar-refractivity contribution is 5.72. The van der Waals surface area contributed by atoms with Crippen LogP contribution in [0.15, 0.2) is 6.07 Å². The predicted octanol–water partition coefficient (Wildman–Crippen LogP) is 2.02. The molecule has 0 fully saturated rings.